The Morgan fingerprint density at radius 3 is 2.67 bits per heavy atom. The zero-order valence-corrected chi connectivity index (χ0v) is 6.71. The molecule has 0 heterocycles. The van der Waals surface area contributed by atoms with E-state index in [1.807, 2.05) is 0 Å². The second kappa shape index (κ2) is 3.31. The number of nitro groups is 1. The van der Waals surface area contributed by atoms with E-state index in [1.54, 1.807) is 0 Å². The molecule has 0 radical (unpaired) electrons. The number of nitrogens with one attached hydrogen (secondary N) is 1. The molecule has 0 saturated heterocycles. The standard InChI is InChI=1S/C6H5N2O3S/c7-12(11)6-3-1-2-5(4-6)8(9)10/h1-4,7H/q-1. The fourth-order valence-corrected chi connectivity index (χ4v) is 1.14. The van der Waals surface area contributed by atoms with Crippen LogP contribution in [0.25, 0.3) is 0 Å². The van der Waals surface area contributed by atoms with Crippen molar-refractivity contribution in [3.63, 3.8) is 0 Å². The summed E-state index contributed by atoms with van der Waals surface area (Å²) >= 11 is 0. The number of hydrogen-bond donors (Lipinski definition) is 1. The Bertz CT molecular complexity index is 378. The summed E-state index contributed by atoms with van der Waals surface area (Å²) in [5, 5.41) is 10.2. The lowest BCUT2D eigenvalue weighted by molar-refractivity contribution is -0.385. The zero-order valence-electron chi connectivity index (χ0n) is 5.89. The van der Waals surface area contributed by atoms with Gasteiger partial charge < -0.3 is 8.99 Å². The van der Waals surface area contributed by atoms with Gasteiger partial charge in [0.25, 0.3) is 5.69 Å². The summed E-state index contributed by atoms with van der Waals surface area (Å²) < 4.78 is 17.4. The third-order valence-electron chi connectivity index (χ3n) is 1.24. The molecule has 0 aliphatic carbocycles. The molecule has 6 heteroatoms. The van der Waals surface area contributed by atoms with Gasteiger partial charge in [-0.15, -0.1) is 0 Å². The second-order valence-electron chi connectivity index (χ2n) is 2.02. The molecule has 1 rings (SSSR count). The van der Waals surface area contributed by atoms with Crippen LogP contribution in [0.15, 0.2) is 29.2 Å². The second-order valence-corrected chi connectivity index (χ2v) is 3.03. The zero-order chi connectivity index (χ0) is 9.14. The molecule has 0 aliphatic heterocycles. The minimum Gasteiger partial charge on any atom is -0.440 e. The van der Waals surface area contributed by atoms with Gasteiger partial charge in [0.2, 0.25) is 0 Å². The molecule has 64 valence electrons. The van der Waals surface area contributed by atoms with E-state index in [0.717, 1.165) is 6.07 Å². The van der Waals surface area contributed by atoms with Crippen molar-refractivity contribution in [1.82, 2.24) is 0 Å². The first-order valence-corrected chi connectivity index (χ1v) is 4.13. The summed E-state index contributed by atoms with van der Waals surface area (Å²) in [5.41, 5.74) is -0.145. The third-order valence-corrected chi connectivity index (χ3v) is 1.92. The minimum atomic E-state index is -1.91. The number of hydrogen-bond acceptors (Lipinski definition) is 5. The lowest BCUT2D eigenvalue weighted by Gasteiger charge is -1.99. The van der Waals surface area contributed by atoms with Crippen molar-refractivity contribution in [2.45, 2.75) is 4.90 Å². The Morgan fingerprint density at radius 2 is 2.17 bits per heavy atom. The molecule has 0 atom stereocenters. The third kappa shape index (κ3) is 1.79. The van der Waals surface area contributed by atoms with E-state index in [2.05, 4.69) is 0 Å². The fraction of sp³-hybridized carbons (Fsp3) is 0. The lowest BCUT2D eigenvalue weighted by Crippen LogP contribution is -1.88. The van der Waals surface area contributed by atoms with Crippen molar-refractivity contribution in [3.05, 3.63) is 34.4 Å². The Morgan fingerprint density at radius 1 is 1.50 bits per heavy atom. The quantitative estimate of drug-likeness (QED) is 0.432. The SMILES string of the molecule is N=[S-](=O)c1cccc([N+](=O)[O-])c1. The maximum Gasteiger partial charge on any atom is 0.267 e. The fourth-order valence-electron chi connectivity index (χ4n) is 0.712. The molecule has 0 aliphatic rings. The normalized spacial score (nSPS) is 10.1. The van der Waals surface area contributed by atoms with Gasteiger partial charge in [0.15, 0.2) is 0 Å². The average molecular weight is 185 g/mol. The highest BCUT2D eigenvalue weighted by Gasteiger charge is 2.01. The molecule has 0 unspecified atom stereocenters. The van der Waals surface area contributed by atoms with Crippen molar-refractivity contribution >= 4 is 16.3 Å². The summed E-state index contributed by atoms with van der Waals surface area (Å²) in [7, 11) is -1.91. The van der Waals surface area contributed by atoms with Crippen LogP contribution in [-0.2, 0) is 14.8 Å². The van der Waals surface area contributed by atoms with Crippen LogP contribution in [0.2, 0.25) is 0 Å². The van der Waals surface area contributed by atoms with E-state index in [-0.39, 0.29) is 10.6 Å². The van der Waals surface area contributed by atoms with Gasteiger partial charge >= 0.3 is 0 Å². The van der Waals surface area contributed by atoms with Gasteiger partial charge in [-0.25, -0.2) is 0 Å². The molecule has 0 aromatic heterocycles. The van der Waals surface area contributed by atoms with E-state index < -0.39 is 15.5 Å². The lowest BCUT2D eigenvalue weighted by atomic mass is 10.3. The smallest absolute Gasteiger partial charge is 0.267 e. The predicted molar refractivity (Wildman–Crippen MR) is 42.1 cm³/mol. The number of benzene rings is 1. The summed E-state index contributed by atoms with van der Waals surface area (Å²) in [6, 6.07) is 5.23. The molecular formula is C6H5N2O3S-. The Labute approximate surface area is 70.2 Å². The summed E-state index contributed by atoms with van der Waals surface area (Å²) in [4.78, 5) is 9.78. The van der Waals surface area contributed by atoms with E-state index >= 15 is 0 Å². The number of nitro benzene ring substituents is 1. The largest absolute Gasteiger partial charge is 0.440 e. The van der Waals surface area contributed by atoms with E-state index in [0.29, 0.717) is 0 Å². The molecule has 0 spiro atoms. The minimum absolute atomic E-state index is 0.143. The first-order chi connectivity index (χ1) is 5.61. The van der Waals surface area contributed by atoms with Crippen LogP contribution in [-0.4, -0.2) is 4.92 Å². The first-order valence-electron chi connectivity index (χ1n) is 2.99. The highest BCUT2D eigenvalue weighted by Crippen LogP contribution is 2.13. The van der Waals surface area contributed by atoms with Crippen LogP contribution in [0.1, 0.15) is 0 Å². The summed E-state index contributed by atoms with van der Waals surface area (Å²) in [6.45, 7) is 0. The van der Waals surface area contributed by atoms with E-state index in [1.165, 1.54) is 18.2 Å². The van der Waals surface area contributed by atoms with E-state index in [9.17, 15) is 14.3 Å². The molecule has 12 heavy (non-hydrogen) atoms. The molecule has 5 nitrogen and oxygen atoms in total. The van der Waals surface area contributed by atoms with Crippen molar-refractivity contribution in [1.29, 1.82) is 4.78 Å². The molecule has 0 bridgehead atoms. The molecule has 1 aromatic rings. The van der Waals surface area contributed by atoms with Gasteiger partial charge in [0, 0.05) is 12.1 Å². The molecule has 1 aromatic carbocycles. The Hall–Kier alpha value is -1.43. The average Bonchev–Trinajstić information content (AvgIpc) is 2.04. The van der Waals surface area contributed by atoms with Crippen molar-refractivity contribution in [2.24, 2.45) is 0 Å². The maximum absolute atomic E-state index is 10.6. The highest BCUT2D eigenvalue weighted by molar-refractivity contribution is 7.73. The van der Waals surface area contributed by atoms with Gasteiger partial charge in [0.1, 0.15) is 0 Å². The highest BCUT2D eigenvalue weighted by atomic mass is 32.2. The molecule has 0 saturated carbocycles. The molecule has 0 amide bonds. The number of rotatable bonds is 2. The summed E-state index contributed by atoms with van der Waals surface area (Å²) in [6.07, 6.45) is 0. The Balaban J connectivity index is 3.21. The van der Waals surface area contributed by atoms with Gasteiger partial charge in [0.05, 0.1) is 4.92 Å². The monoisotopic (exact) mass is 185 g/mol. The van der Waals surface area contributed by atoms with Crippen LogP contribution in [0.5, 0.6) is 0 Å². The van der Waals surface area contributed by atoms with Crippen LogP contribution in [0.4, 0.5) is 5.69 Å². The van der Waals surface area contributed by atoms with Gasteiger partial charge in [-0.2, -0.15) is 10.6 Å². The predicted octanol–water partition coefficient (Wildman–Crippen LogP) is 1.68. The van der Waals surface area contributed by atoms with Crippen LogP contribution >= 0.6 is 0 Å². The van der Waals surface area contributed by atoms with Crippen LogP contribution in [0.3, 0.4) is 0 Å². The van der Waals surface area contributed by atoms with E-state index in [4.69, 9.17) is 4.78 Å². The first kappa shape index (κ1) is 8.66. The molecular weight excluding hydrogens is 180 g/mol. The maximum atomic E-state index is 10.6. The topological polar surface area (TPSA) is 84.1 Å². The van der Waals surface area contributed by atoms with Gasteiger partial charge in [-0.05, 0) is 0 Å². The number of nitrogens with zero attached hydrogens (tertiary/aromatic N) is 1. The van der Waals surface area contributed by atoms with Gasteiger partial charge in [-0.3, -0.25) is 10.1 Å². The van der Waals surface area contributed by atoms with Crippen LogP contribution in [0, 0.1) is 14.9 Å². The van der Waals surface area contributed by atoms with Crippen molar-refractivity contribution in [3.8, 4) is 0 Å². The molecule has 0 fully saturated rings. The van der Waals surface area contributed by atoms with Crippen molar-refractivity contribution in [2.75, 3.05) is 0 Å². The van der Waals surface area contributed by atoms with Gasteiger partial charge in [-0.1, -0.05) is 17.0 Å². The summed E-state index contributed by atoms with van der Waals surface area (Å²) in [5.74, 6) is 0. The molecule has 1 N–H and O–H groups in total. The van der Waals surface area contributed by atoms with Crippen LogP contribution < -0.4 is 0 Å². The number of non-ortho nitro benzene ring substituents is 1. The van der Waals surface area contributed by atoms with Crippen molar-refractivity contribution < 1.29 is 9.13 Å². The Kier molecular flexibility index (Phi) is 2.39.